The third-order valence-electron chi connectivity index (χ3n) is 3.03. The fourth-order valence-corrected chi connectivity index (χ4v) is 2.20. The van der Waals surface area contributed by atoms with Gasteiger partial charge in [0.05, 0.1) is 0 Å². The van der Waals surface area contributed by atoms with Crippen molar-refractivity contribution in [3.63, 3.8) is 0 Å². The number of aryl methyl sites for hydroxylation is 1. The van der Waals surface area contributed by atoms with Crippen molar-refractivity contribution in [3.05, 3.63) is 11.9 Å². The summed E-state index contributed by atoms with van der Waals surface area (Å²) in [5.41, 5.74) is 2.55. The maximum atomic E-state index is 5.34. The van der Waals surface area contributed by atoms with Crippen LogP contribution >= 0.6 is 0 Å². The maximum absolute atomic E-state index is 5.34. The van der Waals surface area contributed by atoms with Crippen LogP contribution in [0.2, 0.25) is 0 Å². The molecule has 0 amide bonds. The van der Waals surface area contributed by atoms with Crippen LogP contribution in [0.4, 0.5) is 11.6 Å². The first-order valence-electron chi connectivity index (χ1n) is 5.84. The highest BCUT2D eigenvalue weighted by molar-refractivity contribution is 5.46. The quantitative estimate of drug-likeness (QED) is 0.532. The van der Waals surface area contributed by atoms with Crippen molar-refractivity contribution < 1.29 is 0 Å². The third-order valence-corrected chi connectivity index (χ3v) is 3.03. The second-order valence-corrected chi connectivity index (χ2v) is 4.36. The van der Waals surface area contributed by atoms with Gasteiger partial charge in [-0.2, -0.15) is 0 Å². The van der Waals surface area contributed by atoms with Crippen molar-refractivity contribution >= 4 is 11.6 Å². The molecule has 5 nitrogen and oxygen atoms in total. The van der Waals surface area contributed by atoms with E-state index in [1.807, 2.05) is 13.0 Å². The Kier molecular flexibility index (Phi) is 3.56. The van der Waals surface area contributed by atoms with Crippen LogP contribution in [0.3, 0.4) is 0 Å². The molecule has 1 aliphatic rings. The summed E-state index contributed by atoms with van der Waals surface area (Å²) in [6.45, 7) is 2.86. The first-order chi connectivity index (χ1) is 7.78. The van der Waals surface area contributed by atoms with Gasteiger partial charge in [-0.05, 0) is 25.7 Å². The van der Waals surface area contributed by atoms with Crippen LogP contribution in [0.1, 0.15) is 31.5 Å². The summed E-state index contributed by atoms with van der Waals surface area (Å²) >= 11 is 0. The lowest BCUT2D eigenvalue weighted by atomic mass is 10.1. The summed E-state index contributed by atoms with van der Waals surface area (Å²) in [5.74, 6) is 8.37. The number of nitrogens with two attached hydrogens (primary N) is 1. The van der Waals surface area contributed by atoms with Gasteiger partial charge in [-0.25, -0.2) is 15.8 Å². The van der Waals surface area contributed by atoms with Crippen molar-refractivity contribution in [2.75, 3.05) is 17.3 Å². The van der Waals surface area contributed by atoms with Gasteiger partial charge < -0.3 is 10.7 Å². The van der Waals surface area contributed by atoms with Gasteiger partial charge in [-0.1, -0.05) is 12.8 Å². The van der Waals surface area contributed by atoms with Crippen molar-refractivity contribution in [1.29, 1.82) is 0 Å². The fraction of sp³-hybridized carbons (Fsp3) is 0.636. The average molecular weight is 221 g/mol. The number of nitrogens with zero attached hydrogens (tertiary/aromatic N) is 2. The van der Waals surface area contributed by atoms with Gasteiger partial charge in [0.15, 0.2) is 0 Å². The fourth-order valence-electron chi connectivity index (χ4n) is 2.20. The molecule has 0 aliphatic heterocycles. The Bertz CT molecular complexity index is 346. The topological polar surface area (TPSA) is 75.9 Å². The molecule has 1 heterocycles. The summed E-state index contributed by atoms with van der Waals surface area (Å²) < 4.78 is 0. The van der Waals surface area contributed by atoms with Crippen molar-refractivity contribution in [2.24, 2.45) is 11.8 Å². The molecule has 0 saturated heterocycles. The van der Waals surface area contributed by atoms with E-state index in [1.54, 1.807) is 0 Å². The minimum absolute atomic E-state index is 0.654. The van der Waals surface area contributed by atoms with Crippen LogP contribution in [0, 0.1) is 12.8 Å². The second kappa shape index (κ2) is 5.12. The van der Waals surface area contributed by atoms with E-state index >= 15 is 0 Å². The molecule has 1 saturated carbocycles. The zero-order valence-corrected chi connectivity index (χ0v) is 9.66. The molecule has 1 aromatic rings. The minimum Gasteiger partial charge on any atom is -0.370 e. The predicted molar refractivity (Wildman–Crippen MR) is 65.0 cm³/mol. The van der Waals surface area contributed by atoms with Crippen molar-refractivity contribution in [2.45, 2.75) is 32.6 Å². The summed E-state index contributed by atoms with van der Waals surface area (Å²) in [6.07, 6.45) is 5.40. The zero-order valence-electron chi connectivity index (χ0n) is 9.66. The van der Waals surface area contributed by atoms with E-state index in [-0.39, 0.29) is 0 Å². The Balaban J connectivity index is 1.94. The molecule has 2 rings (SSSR count). The van der Waals surface area contributed by atoms with E-state index in [1.165, 1.54) is 25.7 Å². The molecular formula is C11H19N5. The molecule has 0 unspecified atom stereocenters. The standard InChI is InChI=1S/C11H19N5/c1-8-14-10(6-11(15-8)16-12)13-7-9-4-2-3-5-9/h6,9H,2-5,7,12H2,1H3,(H2,13,14,15,16). The van der Waals surface area contributed by atoms with E-state index in [2.05, 4.69) is 20.7 Å². The third kappa shape index (κ3) is 2.82. The number of nitrogen functional groups attached to an aromatic ring is 1. The van der Waals surface area contributed by atoms with E-state index < -0.39 is 0 Å². The highest BCUT2D eigenvalue weighted by Crippen LogP contribution is 2.24. The molecular weight excluding hydrogens is 202 g/mol. The average Bonchev–Trinajstić information content (AvgIpc) is 2.78. The minimum atomic E-state index is 0.654. The molecule has 1 fully saturated rings. The van der Waals surface area contributed by atoms with Gasteiger partial charge >= 0.3 is 0 Å². The predicted octanol–water partition coefficient (Wildman–Crippen LogP) is 1.67. The van der Waals surface area contributed by atoms with Crippen molar-refractivity contribution in [1.82, 2.24) is 9.97 Å². The summed E-state index contributed by atoms with van der Waals surface area (Å²) in [7, 11) is 0. The first-order valence-corrected chi connectivity index (χ1v) is 5.84. The van der Waals surface area contributed by atoms with Crippen LogP contribution in [0.25, 0.3) is 0 Å². The van der Waals surface area contributed by atoms with Gasteiger partial charge in [0, 0.05) is 12.6 Å². The molecule has 0 spiro atoms. The van der Waals surface area contributed by atoms with E-state index in [9.17, 15) is 0 Å². The molecule has 0 bridgehead atoms. The molecule has 0 aromatic carbocycles. The van der Waals surface area contributed by atoms with Gasteiger partial charge in [-0.15, -0.1) is 0 Å². The van der Waals surface area contributed by atoms with Gasteiger partial charge in [0.25, 0.3) is 0 Å². The number of anilines is 2. The molecule has 88 valence electrons. The zero-order chi connectivity index (χ0) is 11.4. The number of nitrogens with one attached hydrogen (secondary N) is 2. The Hall–Kier alpha value is -1.36. The van der Waals surface area contributed by atoms with Crippen LogP contribution in [0.5, 0.6) is 0 Å². The Morgan fingerprint density at radius 2 is 2.00 bits per heavy atom. The number of rotatable bonds is 4. The molecule has 16 heavy (non-hydrogen) atoms. The highest BCUT2D eigenvalue weighted by Gasteiger charge is 2.14. The Morgan fingerprint density at radius 3 is 2.69 bits per heavy atom. The first kappa shape index (κ1) is 11.1. The Labute approximate surface area is 95.8 Å². The highest BCUT2D eigenvalue weighted by atomic mass is 15.3. The smallest absolute Gasteiger partial charge is 0.145 e. The summed E-state index contributed by atoms with van der Waals surface area (Å²) in [6, 6.07) is 1.84. The lowest BCUT2D eigenvalue weighted by Crippen LogP contribution is -2.14. The molecule has 4 N–H and O–H groups in total. The van der Waals surface area contributed by atoms with Crippen LogP contribution in [-0.4, -0.2) is 16.5 Å². The monoisotopic (exact) mass is 221 g/mol. The van der Waals surface area contributed by atoms with Crippen LogP contribution in [-0.2, 0) is 0 Å². The normalized spacial score (nSPS) is 16.4. The number of hydrogen-bond donors (Lipinski definition) is 3. The maximum Gasteiger partial charge on any atom is 0.145 e. The summed E-state index contributed by atoms with van der Waals surface area (Å²) in [4.78, 5) is 8.47. The lowest BCUT2D eigenvalue weighted by molar-refractivity contribution is 0.578. The van der Waals surface area contributed by atoms with Crippen molar-refractivity contribution in [3.8, 4) is 0 Å². The van der Waals surface area contributed by atoms with E-state index in [0.717, 1.165) is 24.1 Å². The number of hydrogen-bond acceptors (Lipinski definition) is 5. The summed E-state index contributed by atoms with van der Waals surface area (Å²) in [5, 5.41) is 3.36. The van der Waals surface area contributed by atoms with E-state index in [0.29, 0.717) is 5.82 Å². The van der Waals surface area contributed by atoms with Crippen LogP contribution in [0.15, 0.2) is 6.07 Å². The largest absolute Gasteiger partial charge is 0.370 e. The van der Waals surface area contributed by atoms with Gasteiger partial charge in [0.2, 0.25) is 0 Å². The van der Waals surface area contributed by atoms with Gasteiger partial charge in [-0.3, -0.25) is 0 Å². The second-order valence-electron chi connectivity index (χ2n) is 4.36. The number of aromatic nitrogens is 2. The van der Waals surface area contributed by atoms with Crippen LogP contribution < -0.4 is 16.6 Å². The van der Waals surface area contributed by atoms with Gasteiger partial charge in [0.1, 0.15) is 17.5 Å². The molecule has 1 aromatic heterocycles. The number of hydrazine groups is 1. The molecule has 0 radical (unpaired) electrons. The SMILES string of the molecule is Cc1nc(NN)cc(NCC2CCCC2)n1. The Morgan fingerprint density at radius 1 is 1.31 bits per heavy atom. The lowest BCUT2D eigenvalue weighted by Gasteiger charge is -2.12. The molecule has 0 atom stereocenters. The molecule has 5 heteroatoms. The van der Waals surface area contributed by atoms with E-state index in [4.69, 9.17) is 5.84 Å². The molecule has 1 aliphatic carbocycles.